The van der Waals surface area contributed by atoms with Crippen LogP contribution in [0.5, 0.6) is 5.75 Å². The minimum atomic E-state index is -0.660. The summed E-state index contributed by atoms with van der Waals surface area (Å²) in [6.45, 7) is 7.74. The fourth-order valence-electron chi connectivity index (χ4n) is 1.72. The second kappa shape index (κ2) is 8.76. The van der Waals surface area contributed by atoms with E-state index in [1.165, 1.54) is 7.11 Å². The predicted molar refractivity (Wildman–Crippen MR) is 90.5 cm³/mol. The van der Waals surface area contributed by atoms with Crippen LogP contribution in [-0.4, -0.2) is 25.7 Å². The molecule has 6 heteroatoms. The highest BCUT2D eigenvalue weighted by Crippen LogP contribution is 2.35. The van der Waals surface area contributed by atoms with Gasteiger partial charge in [-0.3, -0.25) is 0 Å². The van der Waals surface area contributed by atoms with Crippen molar-refractivity contribution in [1.82, 2.24) is 5.32 Å². The highest BCUT2D eigenvalue weighted by Gasteiger charge is 2.18. The summed E-state index contributed by atoms with van der Waals surface area (Å²) in [4.78, 5) is 11.4. The first kappa shape index (κ1) is 18.5. The third kappa shape index (κ3) is 5.96. The van der Waals surface area contributed by atoms with Crippen molar-refractivity contribution in [2.45, 2.75) is 33.4 Å². The molecule has 1 atom stereocenters. The number of carbonyl (C=O) groups excluding carboxylic acids is 1. The molecule has 0 aliphatic carbocycles. The number of rotatable bonds is 7. The van der Waals surface area contributed by atoms with Gasteiger partial charge in [-0.1, -0.05) is 13.8 Å². The average Bonchev–Trinajstić information content (AvgIpc) is 2.41. The Morgan fingerprint density at radius 2 is 1.81 bits per heavy atom. The highest BCUT2D eigenvalue weighted by atomic mass is 79.9. The van der Waals surface area contributed by atoms with Gasteiger partial charge in [0.2, 0.25) is 0 Å². The van der Waals surface area contributed by atoms with Gasteiger partial charge in [-0.2, -0.15) is 0 Å². The molecule has 1 unspecified atom stereocenters. The highest BCUT2D eigenvalue weighted by molar-refractivity contribution is 9.11. The Bertz CT molecular complexity index is 469. The van der Waals surface area contributed by atoms with Crippen LogP contribution in [0, 0.1) is 5.92 Å². The maximum atomic E-state index is 11.4. The van der Waals surface area contributed by atoms with Gasteiger partial charge in [0.15, 0.2) is 6.10 Å². The van der Waals surface area contributed by atoms with Crippen LogP contribution in [0.1, 0.15) is 26.3 Å². The molecule has 0 aromatic heterocycles. The van der Waals surface area contributed by atoms with Crippen LogP contribution in [0.3, 0.4) is 0 Å². The van der Waals surface area contributed by atoms with Gasteiger partial charge in [-0.05, 0) is 68.9 Å². The van der Waals surface area contributed by atoms with Gasteiger partial charge in [0.25, 0.3) is 0 Å². The summed E-state index contributed by atoms with van der Waals surface area (Å²) < 4.78 is 11.9. The van der Waals surface area contributed by atoms with Crippen molar-refractivity contribution in [1.29, 1.82) is 0 Å². The number of halogens is 2. The first-order chi connectivity index (χ1) is 9.85. The number of methoxy groups -OCH3 is 1. The topological polar surface area (TPSA) is 47.6 Å². The maximum Gasteiger partial charge on any atom is 0.346 e. The van der Waals surface area contributed by atoms with Crippen molar-refractivity contribution in [3.05, 3.63) is 26.6 Å². The van der Waals surface area contributed by atoms with E-state index in [1.54, 1.807) is 6.92 Å². The number of ether oxygens (including phenoxy) is 2. The van der Waals surface area contributed by atoms with Crippen LogP contribution in [0.4, 0.5) is 0 Å². The van der Waals surface area contributed by atoms with E-state index >= 15 is 0 Å². The summed E-state index contributed by atoms with van der Waals surface area (Å²) in [7, 11) is 1.34. The second-order valence-corrected chi connectivity index (χ2v) is 6.91. The number of nitrogens with one attached hydrogen (secondary N) is 1. The van der Waals surface area contributed by atoms with Crippen LogP contribution in [0.2, 0.25) is 0 Å². The number of hydrogen-bond acceptors (Lipinski definition) is 4. The van der Waals surface area contributed by atoms with Crippen LogP contribution < -0.4 is 10.1 Å². The van der Waals surface area contributed by atoms with Gasteiger partial charge >= 0.3 is 5.97 Å². The van der Waals surface area contributed by atoms with Gasteiger partial charge in [0.1, 0.15) is 5.75 Å². The minimum absolute atomic E-state index is 0.406. The third-order valence-electron chi connectivity index (χ3n) is 2.77. The van der Waals surface area contributed by atoms with E-state index in [2.05, 4.69) is 55.8 Å². The zero-order chi connectivity index (χ0) is 16.0. The average molecular weight is 423 g/mol. The lowest BCUT2D eigenvalue weighted by Gasteiger charge is -2.16. The fourth-order valence-corrected chi connectivity index (χ4v) is 3.19. The molecule has 4 nitrogen and oxygen atoms in total. The summed E-state index contributed by atoms with van der Waals surface area (Å²) in [6, 6.07) is 3.97. The molecule has 1 aromatic carbocycles. The predicted octanol–water partition coefficient (Wildman–Crippen LogP) is 3.90. The number of benzene rings is 1. The summed E-state index contributed by atoms with van der Waals surface area (Å²) in [5.74, 6) is 0.803. The number of hydrogen-bond donors (Lipinski definition) is 1. The van der Waals surface area contributed by atoms with Gasteiger partial charge in [-0.25, -0.2) is 4.79 Å². The molecule has 0 aliphatic heterocycles. The molecular formula is C15H21Br2NO3. The SMILES string of the molecule is COC(=O)C(C)Oc1c(Br)cc(CNCC(C)C)cc1Br. The monoisotopic (exact) mass is 421 g/mol. The normalized spacial score (nSPS) is 12.3. The molecule has 0 fully saturated rings. The van der Waals surface area contributed by atoms with Crippen molar-refractivity contribution in [3.8, 4) is 5.75 Å². The van der Waals surface area contributed by atoms with E-state index in [0.29, 0.717) is 11.7 Å². The van der Waals surface area contributed by atoms with E-state index in [-0.39, 0.29) is 0 Å². The Labute approximate surface area is 142 Å². The Morgan fingerprint density at radius 3 is 2.29 bits per heavy atom. The number of esters is 1. The molecule has 0 aliphatic rings. The number of carbonyl (C=O) groups is 1. The summed E-state index contributed by atoms with van der Waals surface area (Å²) in [6.07, 6.45) is -0.660. The zero-order valence-corrected chi connectivity index (χ0v) is 15.9. The Balaban J connectivity index is 2.78. The molecule has 1 aromatic rings. The third-order valence-corrected chi connectivity index (χ3v) is 3.95. The maximum absolute atomic E-state index is 11.4. The van der Waals surface area contributed by atoms with Crippen molar-refractivity contribution < 1.29 is 14.3 Å². The lowest BCUT2D eigenvalue weighted by molar-refractivity contribution is -0.147. The van der Waals surface area contributed by atoms with Gasteiger partial charge in [-0.15, -0.1) is 0 Å². The van der Waals surface area contributed by atoms with Gasteiger partial charge in [0.05, 0.1) is 16.1 Å². The Hall–Kier alpha value is -0.590. The first-order valence-corrected chi connectivity index (χ1v) is 8.36. The summed E-state index contributed by atoms with van der Waals surface area (Å²) >= 11 is 6.97. The zero-order valence-electron chi connectivity index (χ0n) is 12.7. The Morgan fingerprint density at radius 1 is 1.24 bits per heavy atom. The first-order valence-electron chi connectivity index (χ1n) is 6.78. The van der Waals surface area contributed by atoms with Crippen molar-refractivity contribution >= 4 is 37.8 Å². The fraction of sp³-hybridized carbons (Fsp3) is 0.533. The summed E-state index contributed by atoms with van der Waals surface area (Å²) in [5.41, 5.74) is 1.13. The molecule has 1 N–H and O–H groups in total. The standard InChI is InChI=1S/C15H21Br2NO3/c1-9(2)7-18-8-11-5-12(16)14(13(17)6-11)21-10(3)15(19)20-4/h5-6,9-10,18H,7-8H2,1-4H3. The van der Waals surface area contributed by atoms with Gasteiger partial charge in [0, 0.05) is 6.54 Å². The quantitative estimate of drug-likeness (QED) is 0.677. The van der Waals surface area contributed by atoms with Crippen molar-refractivity contribution in [3.63, 3.8) is 0 Å². The minimum Gasteiger partial charge on any atom is -0.477 e. The molecule has 118 valence electrons. The lowest BCUT2D eigenvalue weighted by atomic mass is 10.2. The van der Waals surface area contributed by atoms with Crippen LogP contribution >= 0.6 is 31.9 Å². The van der Waals surface area contributed by atoms with Crippen molar-refractivity contribution in [2.24, 2.45) is 5.92 Å². The molecule has 21 heavy (non-hydrogen) atoms. The van der Waals surface area contributed by atoms with Crippen LogP contribution in [0.15, 0.2) is 21.1 Å². The molecule has 0 radical (unpaired) electrons. The van der Waals surface area contributed by atoms with E-state index in [9.17, 15) is 4.79 Å². The molecule has 0 bridgehead atoms. The molecule has 0 spiro atoms. The van der Waals surface area contributed by atoms with E-state index in [4.69, 9.17) is 4.74 Å². The van der Waals surface area contributed by atoms with Crippen LogP contribution in [0.25, 0.3) is 0 Å². The van der Waals surface area contributed by atoms with Crippen molar-refractivity contribution in [2.75, 3.05) is 13.7 Å². The molecular weight excluding hydrogens is 402 g/mol. The molecule has 1 rings (SSSR count). The van der Waals surface area contributed by atoms with E-state index in [1.807, 2.05) is 12.1 Å². The lowest BCUT2D eigenvalue weighted by Crippen LogP contribution is -2.25. The second-order valence-electron chi connectivity index (χ2n) is 5.20. The largest absolute Gasteiger partial charge is 0.477 e. The van der Waals surface area contributed by atoms with E-state index in [0.717, 1.165) is 27.6 Å². The van der Waals surface area contributed by atoms with Crippen LogP contribution in [-0.2, 0) is 16.1 Å². The van der Waals surface area contributed by atoms with E-state index < -0.39 is 12.1 Å². The summed E-state index contributed by atoms with van der Waals surface area (Å²) in [5, 5.41) is 3.39. The Kier molecular flexibility index (Phi) is 7.70. The molecule has 0 heterocycles. The van der Waals surface area contributed by atoms with Gasteiger partial charge < -0.3 is 14.8 Å². The molecule has 0 amide bonds. The molecule has 0 saturated carbocycles. The smallest absolute Gasteiger partial charge is 0.346 e. The molecule has 0 saturated heterocycles.